The van der Waals surface area contributed by atoms with Gasteiger partial charge in [-0.25, -0.2) is 0 Å². The maximum atomic E-state index is 13.5. The van der Waals surface area contributed by atoms with Crippen LogP contribution in [0.4, 0.5) is 10.1 Å². The fraction of sp³-hybridized carbons (Fsp3) is 0.500. The largest absolute Gasteiger partial charge is 0.338 e. The van der Waals surface area contributed by atoms with Gasteiger partial charge >= 0.3 is 5.69 Å². The van der Waals surface area contributed by atoms with Crippen LogP contribution in [0.25, 0.3) is 0 Å². The molecular weight excluding hydrogens is 263 g/mol. The summed E-state index contributed by atoms with van der Waals surface area (Å²) in [5, 5.41) is 10.5. The third-order valence-electron chi connectivity index (χ3n) is 3.85. The highest BCUT2D eigenvalue weighted by atomic mass is 19.1. The van der Waals surface area contributed by atoms with Crippen LogP contribution in [0, 0.1) is 27.8 Å². The van der Waals surface area contributed by atoms with Crippen molar-refractivity contribution in [1.29, 1.82) is 0 Å². The number of likely N-dealkylation sites (tertiary alicyclic amines) is 1. The molecule has 0 saturated carbocycles. The molecule has 1 aromatic carbocycles. The van der Waals surface area contributed by atoms with Gasteiger partial charge in [0.05, 0.1) is 4.92 Å². The molecule has 1 aliphatic heterocycles. The van der Waals surface area contributed by atoms with E-state index in [9.17, 15) is 19.3 Å². The Kier molecular flexibility index (Phi) is 4.01. The maximum Gasteiger partial charge on any atom is 0.304 e. The van der Waals surface area contributed by atoms with Gasteiger partial charge < -0.3 is 4.90 Å². The topological polar surface area (TPSA) is 63.5 Å². The smallest absolute Gasteiger partial charge is 0.304 e. The number of hydrogen-bond acceptors (Lipinski definition) is 3. The first-order chi connectivity index (χ1) is 9.40. The summed E-state index contributed by atoms with van der Waals surface area (Å²) in [5.74, 6) is -0.273. The number of rotatable bonds is 3. The second-order valence-corrected chi connectivity index (χ2v) is 5.47. The molecule has 0 bridgehead atoms. The first-order valence-corrected chi connectivity index (χ1v) is 6.63. The number of carbonyl (C=O) groups is 1. The number of nitrogens with zero attached hydrogens (tertiary/aromatic N) is 2. The van der Waals surface area contributed by atoms with E-state index in [2.05, 4.69) is 13.8 Å². The minimum absolute atomic E-state index is 0.164. The first-order valence-electron chi connectivity index (χ1n) is 6.63. The highest BCUT2D eigenvalue weighted by molar-refractivity contribution is 5.94. The molecule has 1 fully saturated rings. The average molecular weight is 280 g/mol. The van der Waals surface area contributed by atoms with E-state index in [-0.39, 0.29) is 11.5 Å². The van der Waals surface area contributed by atoms with E-state index in [1.165, 1.54) is 6.07 Å². The van der Waals surface area contributed by atoms with Gasteiger partial charge in [-0.15, -0.1) is 0 Å². The quantitative estimate of drug-likeness (QED) is 0.631. The van der Waals surface area contributed by atoms with Crippen molar-refractivity contribution in [2.75, 3.05) is 13.1 Å². The number of halogens is 1. The molecule has 0 radical (unpaired) electrons. The van der Waals surface area contributed by atoms with Gasteiger partial charge in [0.15, 0.2) is 0 Å². The van der Waals surface area contributed by atoms with Gasteiger partial charge in [0, 0.05) is 24.7 Å². The van der Waals surface area contributed by atoms with E-state index in [4.69, 9.17) is 0 Å². The van der Waals surface area contributed by atoms with Gasteiger partial charge in [0.1, 0.15) is 0 Å². The summed E-state index contributed by atoms with van der Waals surface area (Å²) in [6.07, 6.45) is 0.943. The van der Waals surface area contributed by atoms with E-state index in [0.29, 0.717) is 24.9 Å². The average Bonchev–Trinajstić information content (AvgIpc) is 2.87. The Hall–Kier alpha value is -1.98. The molecule has 20 heavy (non-hydrogen) atoms. The minimum Gasteiger partial charge on any atom is -0.338 e. The van der Waals surface area contributed by atoms with Crippen LogP contribution < -0.4 is 0 Å². The SMILES string of the molecule is CC(C)C1CCN(C(=O)c2ccc([N+](=O)[O-])c(F)c2)C1. The maximum absolute atomic E-state index is 13.5. The van der Waals surface area contributed by atoms with Crippen molar-refractivity contribution in [2.45, 2.75) is 20.3 Å². The summed E-state index contributed by atoms with van der Waals surface area (Å²) in [4.78, 5) is 23.7. The fourth-order valence-corrected chi connectivity index (χ4v) is 2.49. The zero-order valence-corrected chi connectivity index (χ0v) is 11.5. The zero-order valence-electron chi connectivity index (χ0n) is 11.5. The summed E-state index contributed by atoms with van der Waals surface area (Å²) >= 11 is 0. The third kappa shape index (κ3) is 2.79. The lowest BCUT2D eigenvalue weighted by molar-refractivity contribution is -0.387. The molecule has 6 heteroatoms. The number of benzene rings is 1. The molecule has 0 aromatic heterocycles. The summed E-state index contributed by atoms with van der Waals surface area (Å²) in [6.45, 7) is 5.55. The predicted molar refractivity (Wildman–Crippen MR) is 71.9 cm³/mol. The van der Waals surface area contributed by atoms with E-state index in [1.54, 1.807) is 4.90 Å². The third-order valence-corrected chi connectivity index (χ3v) is 3.85. The van der Waals surface area contributed by atoms with E-state index < -0.39 is 16.4 Å². The number of nitro groups is 1. The van der Waals surface area contributed by atoms with Crippen LogP contribution in [0.3, 0.4) is 0 Å². The second-order valence-electron chi connectivity index (χ2n) is 5.47. The van der Waals surface area contributed by atoms with Crippen LogP contribution in [0.2, 0.25) is 0 Å². The van der Waals surface area contributed by atoms with Crippen LogP contribution in [0.5, 0.6) is 0 Å². The van der Waals surface area contributed by atoms with Gasteiger partial charge in [-0.1, -0.05) is 13.8 Å². The van der Waals surface area contributed by atoms with Crippen molar-refractivity contribution < 1.29 is 14.1 Å². The Balaban J connectivity index is 2.14. The van der Waals surface area contributed by atoms with E-state index >= 15 is 0 Å². The van der Waals surface area contributed by atoms with Crippen LogP contribution in [-0.2, 0) is 0 Å². The van der Waals surface area contributed by atoms with Gasteiger partial charge in [-0.2, -0.15) is 4.39 Å². The van der Waals surface area contributed by atoms with Crippen molar-refractivity contribution in [1.82, 2.24) is 4.90 Å². The number of carbonyl (C=O) groups excluding carboxylic acids is 1. The van der Waals surface area contributed by atoms with Gasteiger partial charge in [-0.05, 0) is 30.4 Å². The normalized spacial score (nSPS) is 18.6. The van der Waals surface area contributed by atoms with Crippen LogP contribution in [-0.4, -0.2) is 28.8 Å². The molecule has 1 unspecified atom stereocenters. The molecule has 1 atom stereocenters. The summed E-state index contributed by atoms with van der Waals surface area (Å²) in [7, 11) is 0. The number of nitro benzene ring substituents is 1. The lowest BCUT2D eigenvalue weighted by Crippen LogP contribution is -2.29. The van der Waals surface area contributed by atoms with Crippen LogP contribution in [0.15, 0.2) is 18.2 Å². The highest BCUT2D eigenvalue weighted by Crippen LogP contribution is 2.26. The molecule has 1 aliphatic rings. The van der Waals surface area contributed by atoms with Crippen molar-refractivity contribution >= 4 is 11.6 Å². The molecule has 0 N–H and O–H groups in total. The number of amides is 1. The second kappa shape index (κ2) is 5.56. The molecule has 0 spiro atoms. The lowest BCUT2D eigenvalue weighted by atomic mass is 9.95. The Bertz CT molecular complexity index is 545. The molecule has 1 aromatic rings. The lowest BCUT2D eigenvalue weighted by Gasteiger charge is -2.18. The predicted octanol–water partition coefficient (Wildman–Crippen LogP) is 2.85. The highest BCUT2D eigenvalue weighted by Gasteiger charge is 2.29. The van der Waals surface area contributed by atoms with Gasteiger partial charge in [-0.3, -0.25) is 14.9 Å². The van der Waals surface area contributed by atoms with Gasteiger partial charge in [0.2, 0.25) is 5.82 Å². The molecule has 5 nitrogen and oxygen atoms in total. The van der Waals surface area contributed by atoms with Crippen molar-refractivity contribution in [3.63, 3.8) is 0 Å². The molecule has 0 aliphatic carbocycles. The minimum atomic E-state index is -0.972. The molecule has 108 valence electrons. The monoisotopic (exact) mass is 280 g/mol. The van der Waals surface area contributed by atoms with E-state index in [0.717, 1.165) is 18.6 Å². The molecule has 2 rings (SSSR count). The Morgan fingerprint density at radius 1 is 1.50 bits per heavy atom. The first kappa shape index (κ1) is 14.4. The van der Waals surface area contributed by atoms with Gasteiger partial charge in [0.25, 0.3) is 5.91 Å². The Morgan fingerprint density at radius 3 is 2.70 bits per heavy atom. The summed E-state index contributed by atoms with van der Waals surface area (Å²) in [6, 6.07) is 3.30. The number of hydrogen-bond donors (Lipinski definition) is 0. The Morgan fingerprint density at radius 2 is 2.20 bits per heavy atom. The summed E-state index contributed by atoms with van der Waals surface area (Å²) < 4.78 is 13.5. The molecule has 1 saturated heterocycles. The van der Waals surface area contributed by atoms with Crippen molar-refractivity contribution in [3.8, 4) is 0 Å². The standard InChI is InChI=1S/C14H17FN2O3/c1-9(2)11-5-6-16(8-11)14(18)10-3-4-13(17(19)20)12(15)7-10/h3-4,7,9,11H,5-6,8H2,1-2H3. The van der Waals surface area contributed by atoms with Crippen molar-refractivity contribution in [3.05, 3.63) is 39.7 Å². The van der Waals surface area contributed by atoms with Crippen LogP contribution >= 0.6 is 0 Å². The molecule has 1 amide bonds. The van der Waals surface area contributed by atoms with Crippen molar-refractivity contribution in [2.24, 2.45) is 11.8 Å². The zero-order chi connectivity index (χ0) is 14.9. The van der Waals surface area contributed by atoms with Crippen LogP contribution in [0.1, 0.15) is 30.6 Å². The molecule has 1 heterocycles. The Labute approximate surface area is 116 Å². The summed E-state index contributed by atoms with van der Waals surface area (Å²) in [5.41, 5.74) is -0.444. The fourth-order valence-electron chi connectivity index (χ4n) is 2.49. The molecular formula is C14H17FN2O3. The van der Waals surface area contributed by atoms with E-state index in [1.807, 2.05) is 0 Å².